The standard InChI is InChI=1S/C10H18BrNO2/c1-10(2,11)9(14)12-5-3-8(7-12)4-6-13/h8,13H,3-7H2,1-2H3. The van der Waals surface area contributed by atoms with Crippen LogP contribution in [0, 0.1) is 5.92 Å². The number of carbonyl (C=O) groups is 1. The predicted molar refractivity (Wildman–Crippen MR) is 59.4 cm³/mol. The lowest BCUT2D eigenvalue weighted by molar-refractivity contribution is -0.131. The minimum absolute atomic E-state index is 0.151. The van der Waals surface area contributed by atoms with Crippen LogP contribution in [0.15, 0.2) is 0 Å². The molecule has 0 aromatic carbocycles. The van der Waals surface area contributed by atoms with Crippen molar-refractivity contribution in [3.8, 4) is 0 Å². The smallest absolute Gasteiger partial charge is 0.238 e. The Morgan fingerprint density at radius 3 is 2.79 bits per heavy atom. The van der Waals surface area contributed by atoms with Crippen LogP contribution in [0.3, 0.4) is 0 Å². The maximum Gasteiger partial charge on any atom is 0.238 e. The van der Waals surface area contributed by atoms with E-state index in [9.17, 15) is 4.79 Å². The van der Waals surface area contributed by atoms with Crippen LogP contribution < -0.4 is 0 Å². The van der Waals surface area contributed by atoms with Gasteiger partial charge < -0.3 is 10.0 Å². The molecule has 14 heavy (non-hydrogen) atoms. The van der Waals surface area contributed by atoms with Crippen LogP contribution in [-0.2, 0) is 4.79 Å². The number of nitrogens with zero attached hydrogens (tertiary/aromatic N) is 1. The molecule has 82 valence electrons. The second kappa shape index (κ2) is 4.62. The summed E-state index contributed by atoms with van der Waals surface area (Å²) < 4.78 is -0.457. The van der Waals surface area contributed by atoms with E-state index in [-0.39, 0.29) is 12.5 Å². The number of hydrogen-bond donors (Lipinski definition) is 1. The first-order valence-corrected chi connectivity index (χ1v) is 5.83. The number of hydrogen-bond acceptors (Lipinski definition) is 2. The predicted octanol–water partition coefficient (Wildman–Crippen LogP) is 1.39. The van der Waals surface area contributed by atoms with Gasteiger partial charge in [-0.3, -0.25) is 4.79 Å². The molecule has 0 spiro atoms. The number of aliphatic hydroxyl groups excluding tert-OH is 1. The summed E-state index contributed by atoms with van der Waals surface area (Å²) in [4.78, 5) is 13.7. The molecule has 0 aromatic heterocycles. The number of likely N-dealkylation sites (tertiary alicyclic amines) is 1. The second-order valence-corrected chi connectivity index (χ2v) is 6.37. The summed E-state index contributed by atoms with van der Waals surface area (Å²) in [5, 5.41) is 8.80. The highest BCUT2D eigenvalue weighted by atomic mass is 79.9. The summed E-state index contributed by atoms with van der Waals surface area (Å²) >= 11 is 3.37. The monoisotopic (exact) mass is 263 g/mol. The zero-order valence-corrected chi connectivity index (χ0v) is 10.4. The van der Waals surface area contributed by atoms with Gasteiger partial charge in [-0.2, -0.15) is 0 Å². The maximum atomic E-state index is 11.8. The number of amides is 1. The van der Waals surface area contributed by atoms with Gasteiger partial charge in [-0.1, -0.05) is 15.9 Å². The fourth-order valence-corrected chi connectivity index (χ4v) is 2.06. The number of rotatable bonds is 3. The largest absolute Gasteiger partial charge is 0.396 e. The van der Waals surface area contributed by atoms with E-state index in [4.69, 9.17) is 5.11 Å². The first-order chi connectivity index (χ1) is 6.45. The molecule has 1 N–H and O–H groups in total. The summed E-state index contributed by atoms with van der Waals surface area (Å²) in [5.74, 6) is 0.636. The van der Waals surface area contributed by atoms with E-state index in [0.717, 1.165) is 25.9 Å². The number of carbonyl (C=O) groups excluding carboxylic acids is 1. The van der Waals surface area contributed by atoms with E-state index < -0.39 is 4.32 Å². The molecule has 0 saturated carbocycles. The van der Waals surface area contributed by atoms with Crippen LogP contribution >= 0.6 is 15.9 Å². The molecule has 4 heteroatoms. The highest BCUT2D eigenvalue weighted by Gasteiger charge is 2.33. The Morgan fingerprint density at radius 2 is 2.29 bits per heavy atom. The lowest BCUT2D eigenvalue weighted by Gasteiger charge is -2.24. The van der Waals surface area contributed by atoms with Crippen molar-refractivity contribution in [3.05, 3.63) is 0 Å². The number of alkyl halides is 1. The molecule has 0 aliphatic carbocycles. The number of halogens is 1. The minimum atomic E-state index is -0.457. The van der Waals surface area contributed by atoms with E-state index in [1.165, 1.54) is 0 Å². The third-order valence-electron chi connectivity index (χ3n) is 2.62. The van der Waals surface area contributed by atoms with Crippen LogP contribution in [-0.4, -0.2) is 39.9 Å². The Balaban J connectivity index is 2.46. The first kappa shape index (κ1) is 12.0. The summed E-state index contributed by atoms with van der Waals surface area (Å²) in [6.45, 7) is 5.60. The van der Waals surface area contributed by atoms with Gasteiger partial charge in [-0.15, -0.1) is 0 Å². The van der Waals surface area contributed by atoms with E-state index in [1.54, 1.807) is 0 Å². The van der Waals surface area contributed by atoms with E-state index in [1.807, 2.05) is 18.7 Å². The van der Waals surface area contributed by atoms with Crippen LogP contribution in [0.25, 0.3) is 0 Å². The molecule has 1 saturated heterocycles. The topological polar surface area (TPSA) is 40.5 Å². The lowest BCUT2D eigenvalue weighted by atomic mass is 10.1. The van der Waals surface area contributed by atoms with Crippen molar-refractivity contribution in [2.45, 2.75) is 31.0 Å². The Hall–Kier alpha value is -0.0900. The SMILES string of the molecule is CC(C)(Br)C(=O)N1CCC(CCO)C1. The molecule has 3 nitrogen and oxygen atoms in total. The van der Waals surface area contributed by atoms with Crippen molar-refractivity contribution in [3.63, 3.8) is 0 Å². The summed E-state index contributed by atoms with van der Waals surface area (Å²) in [6, 6.07) is 0. The quantitative estimate of drug-likeness (QED) is 0.782. The first-order valence-electron chi connectivity index (χ1n) is 5.04. The summed E-state index contributed by atoms with van der Waals surface area (Å²) in [6.07, 6.45) is 1.84. The molecule has 1 aliphatic heterocycles. The van der Waals surface area contributed by atoms with Gasteiger partial charge in [-0.05, 0) is 32.6 Å². The third kappa shape index (κ3) is 2.95. The highest BCUT2D eigenvalue weighted by molar-refractivity contribution is 9.10. The molecule has 1 rings (SSSR count). The van der Waals surface area contributed by atoms with E-state index in [0.29, 0.717) is 5.92 Å². The lowest BCUT2D eigenvalue weighted by Crippen LogP contribution is -2.40. The normalized spacial score (nSPS) is 22.9. The van der Waals surface area contributed by atoms with Crippen molar-refractivity contribution in [1.82, 2.24) is 4.90 Å². The molecule has 1 atom stereocenters. The van der Waals surface area contributed by atoms with Crippen molar-refractivity contribution in [2.75, 3.05) is 19.7 Å². The summed E-state index contributed by atoms with van der Waals surface area (Å²) in [7, 11) is 0. The van der Waals surface area contributed by atoms with Crippen molar-refractivity contribution in [2.24, 2.45) is 5.92 Å². The Morgan fingerprint density at radius 1 is 1.64 bits per heavy atom. The fraction of sp³-hybridized carbons (Fsp3) is 0.900. The average Bonchev–Trinajstić information content (AvgIpc) is 2.50. The van der Waals surface area contributed by atoms with Crippen molar-refractivity contribution in [1.29, 1.82) is 0 Å². The third-order valence-corrected chi connectivity index (χ3v) is 2.96. The molecular formula is C10H18BrNO2. The molecule has 0 bridgehead atoms. The van der Waals surface area contributed by atoms with Crippen LogP contribution in [0.4, 0.5) is 0 Å². The zero-order chi connectivity index (χ0) is 10.8. The maximum absolute atomic E-state index is 11.8. The number of aliphatic hydroxyl groups is 1. The fourth-order valence-electron chi connectivity index (χ4n) is 1.81. The Bertz CT molecular complexity index is 213. The van der Waals surface area contributed by atoms with E-state index >= 15 is 0 Å². The molecule has 1 unspecified atom stereocenters. The van der Waals surface area contributed by atoms with Crippen molar-refractivity contribution < 1.29 is 9.90 Å². The minimum Gasteiger partial charge on any atom is -0.396 e. The van der Waals surface area contributed by atoms with Crippen LogP contribution in [0.5, 0.6) is 0 Å². The van der Waals surface area contributed by atoms with Gasteiger partial charge in [0.2, 0.25) is 5.91 Å². The van der Waals surface area contributed by atoms with Gasteiger partial charge in [0.1, 0.15) is 0 Å². The highest BCUT2D eigenvalue weighted by Crippen LogP contribution is 2.25. The van der Waals surface area contributed by atoms with Crippen molar-refractivity contribution >= 4 is 21.8 Å². The van der Waals surface area contributed by atoms with Gasteiger partial charge in [-0.25, -0.2) is 0 Å². The van der Waals surface area contributed by atoms with Gasteiger partial charge in [0, 0.05) is 19.7 Å². The zero-order valence-electron chi connectivity index (χ0n) is 8.79. The summed E-state index contributed by atoms with van der Waals surface area (Å²) in [5.41, 5.74) is 0. The van der Waals surface area contributed by atoms with Gasteiger partial charge in [0.25, 0.3) is 0 Å². The Labute approximate surface area is 93.6 Å². The Kier molecular flexibility index (Phi) is 3.95. The van der Waals surface area contributed by atoms with E-state index in [2.05, 4.69) is 15.9 Å². The van der Waals surface area contributed by atoms with Crippen LogP contribution in [0.2, 0.25) is 0 Å². The molecule has 1 aliphatic rings. The molecule has 1 heterocycles. The molecule has 1 fully saturated rings. The average molecular weight is 264 g/mol. The second-order valence-electron chi connectivity index (χ2n) is 4.39. The van der Waals surface area contributed by atoms with Gasteiger partial charge in [0.15, 0.2) is 0 Å². The van der Waals surface area contributed by atoms with Crippen LogP contribution in [0.1, 0.15) is 26.7 Å². The van der Waals surface area contributed by atoms with Gasteiger partial charge in [0.05, 0.1) is 4.32 Å². The molecule has 0 aromatic rings. The molecule has 1 amide bonds. The molecular weight excluding hydrogens is 246 g/mol. The molecule has 0 radical (unpaired) electrons. The van der Waals surface area contributed by atoms with Gasteiger partial charge >= 0.3 is 0 Å².